The van der Waals surface area contributed by atoms with Crippen LogP contribution in [-0.4, -0.2) is 30.9 Å². The zero-order valence-electron chi connectivity index (χ0n) is 9.74. The summed E-state index contributed by atoms with van der Waals surface area (Å²) in [4.78, 5) is 2.38. The molecular formula is C13H19N3. The van der Waals surface area contributed by atoms with Gasteiger partial charge in [-0.05, 0) is 44.5 Å². The van der Waals surface area contributed by atoms with Crippen LogP contribution in [0.3, 0.4) is 0 Å². The zero-order valence-corrected chi connectivity index (χ0v) is 9.74. The van der Waals surface area contributed by atoms with E-state index in [1.165, 1.54) is 31.5 Å². The summed E-state index contributed by atoms with van der Waals surface area (Å²) in [6.45, 7) is 2.36. The number of benzene rings is 1. The van der Waals surface area contributed by atoms with Crippen molar-refractivity contribution in [3.05, 3.63) is 35.4 Å². The fourth-order valence-corrected chi connectivity index (χ4v) is 2.28. The molecule has 3 N–H and O–H groups in total. The van der Waals surface area contributed by atoms with E-state index in [1.54, 1.807) is 0 Å². The second-order valence-electron chi connectivity index (χ2n) is 4.61. The number of nitrogens with two attached hydrogens (primary N) is 1. The first-order chi connectivity index (χ1) is 7.66. The maximum atomic E-state index is 7.35. The van der Waals surface area contributed by atoms with Crippen LogP contribution in [0.5, 0.6) is 0 Å². The molecule has 3 nitrogen and oxygen atoms in total. The molecule has 3 heteroatoms. The Bertz CT molecular complexity index is 361. The lowest BCUT2D eigenvalue weighted by Gasteiger charge is -2.29. The molecule has 1 saturated heterocycles. The lowest BCUT2D eigenvalue weighted by atomic mass is 9.89. The molecule has 1 aliphatic heterocycles. The van der Waals surface area contributed by atoms with Gasteiger partial charge in [-0.15, -0.1) is 0 Å². The van der Waals surface area contributed by atoms with Crippen molar-refractivity contribution < 1.29 is 0 Å². The van der Waals surface area contributed by atoms with Crippen molar-refractivity contribution in [2.45, 2.75) is 18.8 Å². The molecule has 2 rings (SSSR count). The van der Waals surface area contributed by atoms with Crippen LogP contribution in [0.25, 0.3) is 0 Å². The van der Waals surface area contributed by atoms with Gasteiger partial charge in [0.2, 0.25) is 0 Å². The standard InChI is InChI=1S/C13H19N3/c1-16-8-6-11(7-9-16)10-2-4-12(5-3-10)13(14)15/h2-5,11H,6-9H2,1H3,(H3,14,15). The van der Waals surface area contributed by atoms with Gasteiger partial charge in [0.25, 0.3) is 0 Å². The number of hydrogen-bond donors (Lipinski definition) is 2. The van der Waals surface area contributed by atoms with Gasteiger partial charge in [-0.3, -0.25) is 5.41 Å². The SMILES string of the molecule is CN1CCC(c2ccc(C(=N)N)cc2)CC1. The van der Waals surface area contributed by atoms with Crippen LogP contribution >= 0.6 is 0 Å². The molecule has 0 aliphatic carbocycles. The highest BCUT2D eigenvalue weighted by Gasteiger charge is 2.17. The molecule has 86 valence electrons. The van der Waals surface area contributed by atoms with Crippen molar-refractivity contribution in [3.63, 3.8) is 0 Å². The highest BCUT2D eigenvalue weighted by Crippen LogP contribution is 2.27. The Hall–Kier alpha value is -1.35. The Balaban J connectivity index is 2.07. The maximum absolute atomic E-state index is 7.35. The van der Waals surface area contributed by atoms with E-state index >= 15 is 0 Å². The fourth-order valence-electron chi connectivity index (χ4n) is 2.28. The van der Waals surface area contributed by atoms with Gasteiger partial charge in [0, 0.05) is 5.56 Å². The fraction of sp³-hybridized carbons (Fsp3) is 0.462. The van der Waals surface area contributed by atoms with Crippen LogP contribution in [0, 0.1) is 5.41 Å². The van der Waals surface area contributed by atoms with E-state index in [4.69, 9.17) is 11.1 Å². The summed E-state index contributed by atoms with van der Waals surface area (Å²) < 4.78 is 0. The third kappa shape index (κ3) is 2.42. The van der Waals surface area contributed by atoms with E-state index in [2.05, 4.69) is 24.1 Å². The summed E-state index contributed by atoms with van der Waals surface area (Å²) in [5.41, 5.74) is 7.64. The van der Waals surface area contributed by atoms with E-state index in [9.17, 15) is 0 Å². The second kappa shape index (κ2) is 4.66. The maximum Gasteiger partial charge on any atom is 0.122 e. The Labute approximate surface area is 96.8 Å². The normalized spacial score (nSPS) is 18.6. The molecule has 0 atom stereocenters. The van der Waals surface area contributed by atoms with Crippen LogP contribution in [0.4, 0.5) is 0 Å². The Morgan fingerprint density at radius 3 is 2.31 bits per heavy atom. The third-order valence-corrected chi connectivity index (χ3v) is 3.41. The highest BCUT2D eigenvalue weighted by molar-refractivity contribution is 5.94. The topological polar surface area (TPSA) is 53.1 Å². The lowest BCUT2D eigenvalue weighted by molar-refractivity contribution is 0.255. The summed E-state index contributed by atoms with van der Waals surface area (Å²) in [5, 5.41) is 7.35. The summed E-state index contributed by atoms with van der Waals surface area (Å²) >= 11 is 0. The monoisotopic (exact) mass is 217 g/mol. The summed E-state index contributed by atoms with van der Waals surface area (Å²) in [7, 11) is 2.18. The van der Waals surface area contributed by atoms with Crippen molar-refractivity contribution in [2.24, 2.45) is 5.73 Å². The number of likely N-dealkylation sites (tertiary alicyclic amines) is 1. The van der Waals surface area contributed by atoms with Crippen molar-refractivity contribution in [1.29, 1.82) is 5.41 Å². The first-order valence-corrected chi connectivity index (χ1v) is 5.79. The van der Waals surface area contributed by atoms with E-state index in [-0.39, 0.29) is 5.84 Å². The average molecular weight is 217 g/mol. The van der Waals surface area contributed by atoms with Gasteiger partial charge in [0.05, 0.1) is 0 Å². The smallest absolute Gasteiger partial charge is 0.122 e. The van der Waals surface area contributed by atoms with Gasteiger partial charge < -0.3 is 10.6 Å². The molecule has 0 saturated carbocycles. The minimum absolute atomic E-state index is 0.148. The van der Waals surface area contributed by atoms with E-state index < -0.39 is 0 Å². The molecule has 1 aromatic carbocycles. The Morgan fingerprint density at radius 1 is 1.25 bits per heavy atom. The van der Waals surface area contributed by atoms with Gasteiger partial charge in [0.15, 0.2) is 0 Å². The molecule has 1 aromatic rings. The largest absolute Gasteiger partial charge is 0.384 e. The molecule has 0 spiro atoms. The molecule has 0 aromatic heterocycles. The first-order valence-electron chi connectivity index (χ1n) is 5.79. The number of rotatable bonds is 2. The first kappa shape index (κ1) is 11.1. The summed E-state index contributed by atoms with van der Waals surface area (Å²) in [6, 6.07) is 8.14. The average Bonchev–Trinajstić information content (AvgIpc) is 2.30. The van der Waals surface area contributed by atoms with Crippen LogP contribution in [0.15, 0.2) is 24.3 Å². The van der Waals surface area contributed by atoms with Crippen molar-refractivity contribution in [2.75, 3.05) is 20.1 Å². The minimum Gasteiger partial charge on any atom is -0.384 e. The number of piperidine rings is 1. The highest BCUT2D eigenvalue weighted by atomic mass is 15.1. The minimum atomic E-state index is 0.148. The van der Waals surface area contributed by atoms with Crippen molar-refractivity contribution in [3.8, 4) is 0 Å². The quantitative estimate of drug-likeness (QED) is 0.586. The molecule has 1 heterocycles. The summed E-state index contributed by atoms with van der Waals surface area (Å²) in [6.07, 6.45) is 2.46. The Morgan fingerprint density at radius 2 is 1.81 bits per heavy atom. The number of nitrogens with zero attached hydrogens (tertiary/aromatic N) is 1. The number of nitrogen functional groups attached to an aromatic ring is 1. The zero-order chi connectivity index (χ0) is 11.5. The lowest BCUT2D eigenvalue weighted by Crippen LogP contribution is -2.29. The molecule has 1 fully saturated rings. The van der Waals surface area contributed by atoms with Crippen LogP contribution in [0.2, 0.25) is 0 Å². The third-order valence-electron chi connectivity index (χ3n) is 3.41. The van der Waals surface area contributed by atoms with Gasteiger partial charge in [-0.1, -0.05) is 24.3 Å². The van der Waals surface area contributed by atoms with Crippen molar-refractivity contribution in [1.82, 2.24) is 4.90 Å². The van der Waals surface area contributed by atoms with Crippen molar-refractivity contribution >= 4 is 5.84 Å². The van der Waals surface area contributed by atoms with Gasteiger partial charge in [0.1, 0.15) is 5.84 Å². The molecule has 0 radical (unpaired) electrons. The molecule has 0 amide bonds. The second-order valence-corrected chi connectivity index (χ2v) is 4.61. The van der Waals surface area contributed by atoms with E-state index in [0.717, 1.165) is 5.56 Å². The van der Waals surface area contributed by atoms with Crippen LogP contribution in [0.1, 0.15) is 29.9 Å². The van der Waals surface area contributed by atoms with E-state index in [1.807, 2.05) is 12.1 Å². The predicted molar refractivity (Wildman–Crippen MR) is 66.9 cm³/mol. The van der Waals surface area contributed by atoms with Crippen LogP contribution in [-0.2, 0) is 0 Å². The van der Waals surface area contributed by atoms with Gasteiger partial charge in [-0.2, -0.15) is 0 Å². The summed E-state index contributed by atoms with van der Waals surface area (Å²) in [5.74, 6) is 0.826. The van der Waals surface area contributed by atoms with Gasteiger partial charge >= 0.3 is 0 Å². The molecule has 1 aliphatic rings. The Kier molecular flexibility index (Phi) is 3.25. The number of nitrogens with one attached hydrogen (secondary N) is 1. The number of amidine groups is 1. The molecule has 16 heavy (non-hydrogen) atoms. The number of hydrogen-bond acceptors (Lipinski definition) is 2. The van der Waals surface area contributed by atoms with Crippen LogP contribution < -0.4 is 5.73 Å². The molecular weight excluding hydrogens is 198 g/mol. The van der Waals surface area contributed by atoms with E-state index in [0.29, 0.717) is 5.92 Å². The molecule has 0 unspecified atom stereocenters. The molecule has 0 bridgehead atoms. The predicted octanol–water partition coefficient (Wildman–Crippen LogP) is 1.78. The van der Waals surface area contributed by atoms with Gasteiger partial charge in [-0.25, -0.2) is 0 Å².